The summed E-state index contributed by atoms with van der Waals surface area (Å²) in [5, 5.41) is 0. The summed E-state index contributed by atoms with van der Waals surface area (Å²) in [5.74, 6) is -0.288. The fraction of sp³-hybridized carbons (Fsp3) is 0.800. The van der Waals surface area contributed by atoms with E-state index in [1.54, 1.807) is 0 Å². The van der Waals surface area contributed by atoms with Gasteiger partial charge in [-0.15, -0.1) is 0 Å². The van der Waals surface area contributed by atoms with Crippen molar-refractivity contribution in [2.45, 2.75) is 12.8 Å². The van der Waals surface area contributed by atoms with Crippen molar-refractivity contribution < 1.29 is 13.2 Å². The molecular weight excluding hydrogens is 234 g/mol. The molecule has 0 spiro atoms. The molecule has 0 atom stereocenters. The van der Waals surface area contributed by atoms with Gasteiger partial charge in [0.1, 0.15) is 4.66 Å². The topological polar surface area (TPSA) is 54.5 Å². The normalized spacial score (nSPS) is 19.4. The summed E-state index contributed by atoms with van der Waals surface area (Å²) >= 11 is 2.83. The summed E-state index contributed by atoms with van der Waals surface area (Å²) in [7, 11) is -3.35. The number of carbonyl (C=O) groups excluding carboxylic acids is 1. The standard InChI is InChI=1S/C5H8BrNO3S/c6-4-11(9,10)7-3-1-2-5(7)8/h1-4H2. The summed E-state index contributed by atoms with van der Waals surface area (Å²) in [6, 6.07) is 0. The van der Waals surface area contributed by atoms with Gasteiger partial charge in [-0.3, -0.25) is 4.79 Å². The summed E-state index contributed by atoms with van der Waals surface area (Å²) < 4.78 is 22.9. The van der Waals surface area contributed by atoms with Crippen LogP contribution in [0.15, 0.2) is 0 Å². The Morgan fingerprint density at radius 1 is 1.55 bits per heavy atom. The molecule has 0 aliphatic carbocycles. The van der Waals surface area contributed by atoms with Crippen molar-refractivity contribution in [2.75, 3.05) is 11.2 Å². The van der Waals surface area contributed by atoms with Crippen LogP contribution in [0, 0.1) is 0 Å². The highest BCUT2D eigenvalue weighted by atomic mass is 79.9. The molecule has 0 aromatic rings. The Morgan fingerprint density at radius 2 is 2.18 bits per heavy atom. The number of nitrogens with zero attached hydrogens (tertiary/aromatic N) is 1. The van der Waals surface area contributed by atoms with E-state index in [1.807, 2.05) is 0 Å². The first-order valence-corrected chi connectivity index (χ1v) is 5.90. The zero-order chi connectivity index (χ0) is 8.48. The first kappa shape index (κ1) is 8.99. The number of alkyl halides is 1. The van der Waals surface area contributed by atoms with E-state index in [9.17, 15) is 13.2 Å². The Hall–Kier alpha value is -0.100. The van der Waals surface area contributed by atoms with Gasteiger partial charge in [-0.2, -0.15) is 0 Å². The fourth-order valence-corrected chi connectivity index (χ4v) is 2.64. The summed E-state index contributed by atoms with van der Waals surface area (Å²) in [5.41, 5.74) is 0. The number of carbonyl (C=O) groups is 1. The smallest absolute Gasteiger partial charge is 0.247 e. The van der Waals surface area contributed by atoms with Crippen LogP contribution in [-0.4, -0.2) is 29.8 Å². The Morgan fingerprint density at radius 3 is 2.55 bits per heavy atom. The molecule has 0 bridgehead atoms. The molecule has 1 aliphatic heterocycles. The second kappa shape index (κ2) is 3.10. The van der Waals surface area contributed by atoms with Crippen LogP contribution < -0.4 is 0 Å². The van der Waals surface area contributed by atoms with Crippen LogP contribution in [0.2, 0.25) is 0 Å². The zero-order valence-electron chi connectivity index (χ0n) is 5.79. The molecule has 0 unspecified atom stereocenters. The summed E-state index contributed by atoms with van der Waals surface area (Å²) in [4.78, 5) is 10.9. The lowest BCUT2D eigenvalue weighted by molar-refractivity contribution is -0.123. The van der Waals surface area contributed by atoms with Gasteiger partial charge in [-0.1, -0.05) is 15.9 Å². The minimum absolute atomic E-state index is 0.175. The Kier molecular flexibility index (Phi) is 2.54. The van der Waals surface area contributed by atoms with Crippen molar-refractivity contribution in [1.82, 2.24) is 4.31 Å². The molecule has 1 rings (SSSR count). The minimum atomic E-state index is -3.35. The lowest BCUT2D eigenvalue weighted by Gasteiger charge is -2.12. The third-order valence-corrected chi connectivity index (χ3v) is 4.57. The van der Waals surface area contributed by atoms with E-state index in [2.05, 4.69) is 15.9 Å². The van der Waals surface area contributed by atoms with Gasteiger partial charge in [0, 0.05) is 13.0 Å². The third-order valence-electron chi connectivity index (χ3n) is 1.50. The van der Waals surface area contributed by atoms with Crippen molar-refractivity contribution in [1.29, 1.82) is 0 Å². The van der Waals surface area contributed by atoms with Crippen LogP contribution in [-0.2, 0) is 14.8 Å². The largest absolute Gasteiger partial charge is 0.274 e. The molecule has 11 heavy (non-hydrogen) atoms. The van der Waals surface area contributed by atoms with Gasteiger partial charge < -0.3 is 0 Å². The van der Waals surface area contributed by atoms with Crippen molar-refractivity contribution in [2.24, 2.45) is 0 Å². The molecule has 1 amide bonds. The second-order valence-electron chi connectivity index (χ2n) is 2.29. The molecule has 6 heteroatoms. The second-order valence-corrected chi connectivity index (χ2v) is 5.49. The molecule has 1 saturated heterocycles. The van der Waals surface area contributed by atoms with Crippen LogP contribution in [0.4, 0.5) is 0 Å². The van der Waals surface area contributed by atoms with E-state index in [0.29, 0.717) is 19.4 Å². The van der Waals surface area contributed by atoms with Crippen LogP contribution in [0.5, 0.6) is 0 Å². The third kappa shape index (κ3) is 1.73. The zero-order valence-corrected chi connectivity index (χ0v) is 8.19. The van der Waals surface area contributed by atoms with Gasteiger partial charge >= 0.3 is 0 Å². The molecule has 64 valence electrons. The van der Waals surface area contributed by atoms with E-state index < -0.39 is 10.0 Å². The molecule has 0 saturated carbocycles. The first-order chi connectivity index (χ1) is 5.08. The molecule has 1 aliphatic rings. The molecule has 0 radical (unpaired) electrons. The van der Waals surface area contributed by atoms with Gasteiger partial charge in [-0.25, -0.2) is 12.7 Å². The Labute approximate surface area is 73.7 Å². The van der Waals surface area contributed by atoms with E-state index >= 15 is 0 Å². The van der Waals surface area contributed by atoms with Gasteiger partial charge in [0.25, 0.3) is 0 Å². The molecule has 0 aromatic carbocycles. The number of hydrogen-bond donors (Lipinski definition) is 0. The highest BCUT2D eigenvalue weighted by Gasteiger charge is 2.30. The predicted molar refractivity (Wildman–Crippen MR) is 43.7 cm³/mol. The molecule has 1 fully saturated rings. The monoisotopic (exact) mass is 241 g/mol. The SMILES string of the molecule is O=C1CCCN1S(=O)(=O)CBr. The predicted octanol–water partition coefficient (Wildman–Crippen LogP) is 0.291. The fourth-order valence-electron chi connectivity index (χ4n) is 0.976. The minimum Gasteiger partial charge on any atom is -0.274 e. The molecule has 4 nitrogen and oxygen atoms in total. The maximum atomic E-state index is 11.1. The highest BCUT2D eigenvalue weighted by molar-refractivity contribution is 9.10. The van der Waals surface area contributed by atoms with Crippen LogP contribution in [0.25, 0.3) is 0 Å². The van der Waals surface area contributed by atoms with E-state index in [1.165, 1.54) is 0 Å². The molecule has 0 N–H and O–H groups in total. The van der Waals surface area contributed by atoms with Crippen LogP contribution >= 0.6 is 15.9 Å². The van der Waals surface area contributed by atoms with Crippen molar-refractivity contribution in [3.8, 4) is 0 Å². The number of halogens is 1. The number of sulfonamides is 1. The maximum absolute atomic E-state index is 11.1. The number of rotatable bonds is 2. The number of hydrogen-bond acceptors (Lipinski definition) is 3. The maximum Gasteiger partial charge on any atom is 0.247 e. The van der Waals surface area contributed by atoms with Crippen molar-refractivity contribution >= 4 is 31.9 Å². The number of amides is 1. The van der Waals surface area contributed by atoms with Crippen LogP contribution in [0.1, 0.15) is 12.8 Å². The van der Waals surface area contributed by atoms with Gasteiger partial charge in [0.05, 0.1) is 0 Å². The first-order valence-electron chi connectivity index (χ1n) is 3.17. The average molecular weight is 242 g/mol. The lowest BCUT2D eigenvalue weighted by Crippen LogP contribution is -2.32. The molecule has 1 heterocycles. The quantitative estimate of drug-likeness (QED) is 0.654. The van der Waals surface area contributed by atoms with Crippen molar-refractivity contribution in [3.63, 3.8) is 0 Å². The highest BCUT2D eigenvalue weighted by Crippen LogP contribution is 2.15. The molecular formula is C5H8BrNO3S. The van der Waals surface area contributed by atoms with Gasteiger partial charge in [0.15, 0.2) is 0 Å². The average Bonchev–Trinajstić information content (AvgIpc) is 2.36. The summed E-state index contributed by atoms with van der Waals surface area (Å²) in [6.45, 7) is 0.340. The van der Waals surface area contributed by atoms with Gasteiger partial charge in [0.2, 0.25) is 15.9 Å². The van der Waals surface area contributed by atoms with Gasteiger partial charge in [-0.05, 0) is 6.42 Å². The Balaban J connectivity index is 2.83. The van der Waals surface area contributed by atoms with E-state index in [-0.39, 0.29) is 10.6 Å². The summed E-state index contributed by atoms with van der Waals surface area (Å²) in [6.07, 6.45) is 0.997. The molecule has 0 aromatic heterocycles. The van der Waals surface area contributed by atoms with E-state index in [4.69, 9.17) is 0 Å². The van der Waals surface area contributed by atoms with E-state index in [0.717, 1.165) is 4.31 Å². The van der Waals surface area contributed by atoms with Crippen molar-refractivity contribution in [3.05, 3.63) is 0 Å². The Bertz CT molecular complexity index is 261. The lowest BCUT2D eigenvalue weighted by atomic mass is 10.4. The van der Waals surface area contributed by atoms with Crippen LogP contribution in [0.3, 0.4) is 0 Å².